The van der Waals surface area contributed by atoms with Crippen LogP contribution in [-0.4, -0.2) is 51.7 Å². The van der Waals surface area contributed by atoms with Crippen molar-refractivity contribution in [3.05, 3.63) is 49.1 Å². The molecule has 1 aliphatic rings. The standard InChI is InChI=1S/C24H26N6O3/c1-32-18-8-7-16-4-2-6-20(19(16)12-18)33-13-17-5-3-10-30(17)24-22-23(26-14-27-24)29(15-28-22)11-9-21(25)31/h2,4,6-8,12,14-15,17H,3,5,9-11,13H2,1H3,(H2,25,31)/t17-/m1/s1. The van der Waals surface area contributed by atoms with Crippen molar-refractivity contribution in [1.82, 2.24) is 19.5 Å². The number of anilines is 1. The van der Waals surface area contributed by atoms with Crippen LogP contribution in [0.2, 0.25) is 0 Å². The van der Waals surface area contributed by atoms with Crippen LogP contribution in [0.25, 0.3) is 21.9 Å². The van der Waals surface area contributed by atoms with Gasteiger partial charge in [-0.15, -0.1) is 0 Å². The first kappa shape index (κ1) is 21.0. The summed E-state index contributed by atoms with van der Waals surface area (Å²) in [6, 6.07) is 12.2. The molecule has 1 saturated heterocycles. The Bertz CT molecular complexity index is 1300. The van der Waals surface area contributed by atoms with Gasteiger partial charge in [-0.05, 0) is 36.4 Å². The van der Waals surface area contributed by atoms with Crippen molar-refractivity contribution in [3.63, 3.8) is 0 Å². The zero-order valence-electron chi connectivity index (χ0n) is 18.5. The Labute approximate surface area is 191 Å². The third-order valence-corrected chi connectivity index (χ3v) is 6.11. The number of carbonyl (C=O) groups excluding carboxylic acids is 1. The maximum absolute atomic E-state index is 11.2. The number of imidazole rings is 1. The summed E-state index contributed by atoms with van der Waals surface area (Å²) in [7, 11) is 1.67. The molecule has 0 saturated carbocycles. The lowest BCUT2D eigenvalue weighted by atomic mass is 10.1. The lowest BCUT2D eigenvalue weighted by Gasteiger charge is -2.26. The highest BCUT2D eigenvalue weighted by Gasteiger charge is 2.29. The fraction of sp³-hybridized carbons (Fsp3) is 0.333. The van der Waals surface area contributed by atoms with Crippen molar-refractivity contribution in [2.75, 3.05) is 25.2 Å². The van der Waals surface area contributed by atoms with E-state index in [0.29, 0.717) is 18.8 Å². The summed E-state index contributed by atoms with van der Waals surface area (Å²) in [6.07, 6.45) is 5.53. The molecule has 5 rings (SSSR count). The molecule has 170 valence electrons. The summed E-state index contributed by atoms with van der Waals surface area (Å²) in [5, 5.41) is 2.13. The van der Waals surface area contributed by atoms with E-state index in [9.17, 15) is 4.79 Å². The second kappa shape index (κ2) is 8.93. The molecular formula is C24H26N6O3. The Morgan fingerprint density at radius 1 is 1.21 bits per heavy atom. The highest BCUT2D eigenvalue weighted by molar-refractivity contribution is 5.89. The highest BCUT2D eigenvalue weighted by Crippen LogP contribution is 2.32. The number of primary amides is 1. The number of hydrogen-bond acceptors (Lipinski definition) is 7. The molecule has 3 heterocycles. The Balaban J connectivity index is 1.38. The van der Waals surface area contributed by atoms with Gasteiger partial charge in [0.2, 0.25) is 5.91 Å². The zero-order valence-corrected chi connectivity index (χ0v) is 18.5. The molecule has 0 unspecified atom stereocenters. The van der Waals surface area contributed by atoms with Crippen molar-refractivity contribution in [3.8, 4) is 11.5 Å². The van der Waals surface area contributed by atoms with E-state index in [1.165, 1.54) is 0 Å². The van der Waals surface area contributed by atoms with Gasteiger partial charge in [-0.1, -0.05) is 18.2 Å². The molecular weight excluding hydrogens is 420 g/mol. The van der Waals surface area contributed by atoms with Crippen LogP contribution >= 0.6 is 0 Å². The Morgan fingerprint density at radius 2 is 2.12 bits per heavy atom. The molecule has 0 bridgehead atoms. The van der Waals surface area contributed by atoms with Crippen molar-refractivity contribution in [2.45, 2.75) is 31.8 Å². The molecule has 2 aromatic carbocycles. The number of ether oxygens (including phenoxy) is 2. The molecule has 33 heavy (non-hydrogen) atoms. The molecule has 1 aliphatic heterocycles. The Morgan fingerprint density at radius 3 is 2.97 bits per heavy atom. The van der Waals surface area contributed by atoms with Gasteiger partial charge in [0.25, 0.3) is 0 Å². The van der Waals surface area contributed by atoms with Crippen LogP contribution in [0.15, 0.2) is 49.1 Å². The number of nitrogens with two attached hydrogens (primary N) is 1. The molecule has 2 N–H and O–H groups in total. The summed E-state index contributed by atoms with van der Waals surface area (Å²) in [5.74, 6) is 2.08. The number of rotatable bonds is 8. The first-order valence-corrected chi connectivity index (χ1v) is 11.0. The monoisotopic (exact) mass is 446 g/mol. The van der Waals surface area contributed by atoms with E-state index in [2.05, 4.69) is 25.9 Å². The predicted molar refractivity (Wildman–Crippen MR) is 125 cm³/mol. The number of nitrogens with zero attached hydrogens (tertiary/aromatic N) is 5. The fourth-order valence-corrected chi connectivity index (χ4v) is 4.42. The number of benzene rings is 2. The van der Waals surface area contributed by atoms with Gasteiger partial charge >= 0.3 is 0 Å². The Kier molecular flexibility index (Phi) is 5.68. The van der Waals surface area contributed by atoms with E-state index in [1.54, 1.807) is 19.8 Å². The topological polar surface area (TPSA) is 108 Å². The normalized spacial score (nSPS) is 15.9. The van der Waals surface area contributed by atoms with Crippen LogP contribution in [0.5, 0.6) is 11.5 Å². The van der Waals surface area contributed by atoms with Crippen molar-refractivity contribution < 1.29 is 14.3 Å². The molecule has 2 aromatic heterocycles. The molecule has 0 aliphatic carbocycles. The van der Waals surface area contributed by atoms with Gasteiger partial charge in [0.1, 0.15) is 24.4 Å². The largest absolute Gasteiger partial charge is 0.497 e. The highest BCUT2D eigenvalue weighted by atomic mass is 16.5. The smallest absolute Gasteiger partial charge is 0.219 e. The second-order valence-electron chi connectivity index (χ2n) is 8.17. The van der Waals surface area contributed by atoms with E-state index < -0.39 is 0 Å². The minimum atomic E-state index is -0.353. The molecule has 9 nitrogen and oxygen atoms in total. The molecule has 4 aromatic rings. The van der Waals surface area contributed by atoms with Crippen LogP contribution in [0.1, 0.15) is 19.3 Å². The van der Waals surface area contributed by atoms with Crippen LogP contribution in [-0.2, 0) is 11.3 Å². The van der Waals surface area contributed by atoms with E-state index >= 15 is 0 Å². The Hall–Kier alpha value is -3.88. The predicted octanol–water partition coefficient (Wildman–Crippen LogP) is 2.91. The van der Waals surface area contributed by atoms with Gasteiger partial charge in [-0.2, -0.15) is 0 Å². The van der Waals surface area contributed by atoms with Crippen molar-refractivity contribution in [1.29, 1.82) is 0 Å². The van der Waals surface area contributed by atoms with Gasteiger partial charge in [0.05, 0.1) is 19.5 Å². The average Bonchev–Trinajstić information content (AvgIpc) is 3.47. The van der Waals surface area contributed by atoms with Crippen LogP contribution in [0.4, 0.5) is 5.82 Å². The molecule has 9 heteroatoms. The van der Waals surface area contributed by atoms with Gasteiger partial charge in [0, 0.05) is 24.9 Å². The van der Waals surface area contributed by atoms with Crippen molar-refractivity contribution in [2.24, 2.45) is 5.73 Å². The third-order valence-electron chi connectivity index (χ3n) is 6.11. The number of fused-ring (bicyclic) bond motifs is 2. The number of carbonyl (C=O) groups is 1. The van der Waals surface area contributed by atoms with Gasteiger partial charge in [0.15, 0.2) is 17.0 Å². The van der Waals surface area contributed by atoms with Gasteiger partial charge < -0.3 is 24.7 Å². The molecule has 1 atom stereocenters. The molecule has 0 spiro atoms. The SMILES string of the molecule is COc1ccc2cccc(OC[C@H]3CCCN3c3ncnc4c3ncn4CCC(N)=O)c2c1. The van der Waals surface area contributed by atoms with E-state index in [0.717, 1.165) is 53.0 Å². The van der Waals surface area contributed by atoms with Crippen LogP contribution in [0, 0.1) is 0 Å². The summed E-state index contributed by atoms with van der Waals surface area (Å²) in [6.45, 7) is 1.85. The van der Waals surface area contributed by atoms with Crippen LogP contribution in [0.3, 0.4) is 0 Å². The summed E-state index contributed by atoms with van der Waals surface area (Å²) < 4.78 is 13.6. The van der Waals surface area contributed by atoms with Gasteiger partial charge in [-0.3, -0.25) is 4.79 Å². The number of methoxy groups -OCH3 is 1. The van der Waals surface area contributed by atoms with Crippen LogP contribution < -0.4 is 20.1 Å². The molecule has 1 amide bonds. The number of aromatic nitrogens is 4. The molecule has 1 fully saturated rings. The maximum atomic E-state index is 11.2. The summed E-state index contributed by atoms with van der Waals surface area (Å²) in [5.41, 5.74) is 6.73. The van der Waals surface area contributed by atoms with E-state index in [1.807, 2.05) is 34.9 Å². The first-order valence-electron chi connectivity index (χ1n) is 11.0. The minimum absolute atomic E-state index is 0.166. The minimum Gasteiger partial charge on any atom is -0.497 e. The quantitative estimate of drug-likeness (QED) is 0.443. The lowest BCUT2D eigenvalue weighted by Crippen LogP contribution is -2.35. The summed E-state index contributed by atoms with van der Waals surface area (Å²) in [4.78, 5) is 26.9. The number of aryl methyl sites for hydroxylation is 1. The van der Waals surface area contributed by atoms with E-state index in [-0.39, 0.29) is 18.4 Å². The maximum Gasteiger partial charge on any atom is 0.219 e. The molecule has 0 radical (unpaired) electrons. The third kappa shape index (κ3) is 4.13. The number of amides is 1. The van der Waals surface area contributed by atoms with E-state index in [4.69, 9.17) is 15.2 Å². The summed E-state index contributed by atoms with van der Waals surface area (Å²) >= 11 is 0. The number of hydrogen-bond donors (Lipinski definition) is 1. The average molecular weight is 447 g/mol. The zero-order chi connectivity index (χ0) is 22.8. The fourth-order valence-electron chi connectivity index (χ4n) is 4.42. The second-order valence-corrected chi connectivity index (χ2v) is 8.17. The lowest BCUT2D eigenvalue weighted by molar-refractivity contribution is -0.118. The van der Waals surface area contributed by atoms with Gasteiger partial charge in [-0.25, -0.2) is 15.0 Å². The first-order chi connectivity index (χ1) is 16.1. The van der Waals surface area contributed by atoms with Crippen molar-refractivity contribution >= 4 is 33.7 Å².